The number of nitrogens with zero attached hydrogens (tertiary/aromatic N) is 1. The molecule has 0 radical (unpaired) electrons. The van der Waals surface area contributed by atoms with Crippen LogP contribution in [-0.4, -0.2) is 69.7 Å². The first-order valence-electron chi connectivity index (χ1n) is 13.3. The lowest BCUT2D eigenvalue weighted by Crippen LogP contribution is -2.51. The van der Waals surface area contributed by atoms with Crippen molar-refractivity contribution in [1.29, 1.82) is 0 Å². The van der Waals surface area contributed by atoms with Gasteiger partial charge in [-0.25, -0.2) is 13.4 Å². The first-order chi connectivity index (χ1) is 20.5. The van der Waals surface area contributed by atoms with Crippen molar-refractivity contribution in [1.82, 2.24) is 5.32 Å². The predicted molar refractivity (Wildman–Crippen MR) is 152 cm³/mol. The fourth-order valence-electron chi connectivity index (χ4n) is 4.54. The number of hydrogen-bond acceptors (Lipinski definition) is 8. The van der Waals surface area contributed by atoms with Gasteiger partial charge < -0.3 is 24.6 Å². The number of aliphatic hydroxyl groups is 1. The van der Waals surface area contributed by atoms with Crippen molar-refractivity contribution in [3.8, 4) is 11.5 Å². The minimum atomic E-state index is -4.73. The molecular weight excluding hydrogens is 589 g/mol. The second-order valence-electron chi connectivity index (χ2n) is 9.75. The van der Waals surface area contributed by atoms with Crippen molar-refractivity contribution in [3.63, 3.8) is 0 Å². The number of benzene rings is 3. The number of hydrogen-bond donors (Lipinski definition) is 2. The molecule has 0 spiro atoms. The number of ether oxygens (including phenoxy) is 3. The van der Waals surface area contributed by atoms with E-state index >= 15 is 0 Å². The maximum Gasteiger partial charge on any atom is 0.405 e. The third-order valence-electron chi connectivity index (χ3n) is 6.73. The number of carbonyl (C=O) groups is 1. The second-order valence-corrected chi connectivity index (χ2v) is 11.9. The quantitative estimate of drug-likeness (QED) is 0.274. The molecular formula is C30H31F3N2O7S. The number of amides is 1. The molecule has 43 heavy (non-hydrogen) atoms. The van der Waals surface area contributed by atoms with Crippen LogP contribution in [0.2, 0.25) is 0 Å². The molecule has 230 valence electrons. The predicted octanol–water partition coefficient (Wildman–Crippen LogP) is 4.26. The Labute approximate surface area is 247 Å². The van der Waals surface area contributed by atoms with Crippen LogP contribution in [0.5, 0.6) is 11.5 Å². The Morgan fingerprint density at radius 1 is 1.05 bits per heavy atom. The topological polar surface area (TPSA) is 124 Å². The summed E-state index contributed by atoms with van der Waals surface area (Å²) in [5.41, 5.74) is -1.36. The summed E-state index contributed by atoms with van der Waals surface area (Å²) in [6, 6.07) is 20.4. The maximum atomic E-state index is 13.7. The van der Waals surface area contributed by atoms with Crippen LogP contribution in [0.3, 0.4) is 0 Å². The molecule has 3 aromatic carbocycles. The molecule has 2 atom stereocenters. The Morgan fingerprint density at radius 2 is 1.77 bits per heavy atom. The fourth-order valence-corrected chi connectivity index (χ4v) is 5.93. The lowest BCUT2D eigenvalue weighted by Gasteiger charge is -2.31. The van der Waals surface area contributed by atoms with E-state index in [2.05, 4.69) is 4.99 Å². The first-order valence-corrected chi connectivity index (χ1v) is 15.0. The fraction of sp³-hybridized carbons (Fsp3) is 0.333. The zero-order valence-corrected chi connectivity index (χ0v) is 24.0. The van der Waals surface area contributed by atoms with Crippen molar-refractivity contribution in [2.75, 3.05) is 32.6 Å². The minimum Gasteiger partial charge on any atom is -0.497 e. The van der Waals surface area contributed by atoms with Gasteiger partial charge in [-0.15, -0.1) is 0 Å². The Kier molecular flexibility index (Phi) is 9.97. The summed E-state index contributed by atoms with van der Waals surface area (Å²) in [7, 11) is -2.54. The van der Waals surface area contributed by atoms with E-state index in [1.54, 1.807) is 66.7 Å². The van der Waals surface area contributed by atoms with E-state index < -0.39 is 52.3 Å². The molecule has 0 saturated heterocycles. The minimum absolute atomic E-state index is 0.00122. The standard InChI is InChI=1S/C30H31F3N2O7S/c1-40-24-8-5-7-22(19-24)26-29(28(37)34-20-30(31,32)33,15-18-43(38,39)25-9-3-2-4-10-25)35-27(42-26)21-11-13-23(14-12-21)41-17-6-16-36/h2-5,7-14,19,26,36H,6,15-18,20H2,1H3,(H,34,37)/t26-,29-/m1/s1. The van der Waals surface area contributed by atoms with Gasteiger partial charge in [-0.05, 0) is 54.1 Å². The van der Waals surface area contributed by atoms with Crippen molar-refractivity contribution < 1.29 is 45.7 Å². The van der Waals surface area contributed by atoms with Gasteiger partial charge in [0.1, 0.15) is 18.0 Å². The molecule has 1 amide bonds. The lowest BCUT2D eigenvalue weighted by atomic mass is 9.85. The van der Waals surface area contributed by atoms with E-state index in [0.29, 0.717) is 29.0 Å². The van der Waals surface area contributed by atoms with Gasteiger partial charge >= 0.3 is 6.18 Å². The van der Waals surface area contributed by atoms with E-state index in [4.69, 9.17) is 19.3 Å². The van der Waals surface area contributed by atoms with Crippen LogP contribution in [0.15, 0.2) is 88.8 Å². The molecule has 1 aliphatic heterocycles. The zero-order valence-electron chi connectivity index (χ0n) is 23.2. The van der Waals surface area contributed by atoms with Gasteiger partial charge in [0, 0.05) is 25.0 Å². The van der Waals surface area contributed by atoms with Crippen LogP contribution in [-0.2, 0) is 19.4 Å². The Bertz CT molecular complexity index is 1530. The van der Waals surface area contributed by atoms with Crippen molar-refractivity contribution >= 4 is 21.6 Å². The highest BCUT2D eigenvalue weighted by molar-refractivity contribution is 7.91. The van der Waals surface area contributed by atoms with Crippen LogP contribution in [0.25, 0.3) is 0 Å². The van der Waals surface area contributed by atoms with E-state index in [-0.39, 0.29) is 24.0 Å². The van der Waals surface area contributed by atoms with Gasteiger partial charge in [-0.3, -0.25) is 4.79 Å². The number of methoxy groups -OCH3 is 1. The Morgan fingerprint density at radius 3 is 2.42 bits per heavy atom. The Hall–Kier alpha value is -4.10. The molecule has 0 aliphatic carbocycles. The zero-order chi connectivity index (χ0) is 31.1. The SMILES string of the molecule is COc1cccc([C@H]2OC(c3ccc(OCCCO)cc3)=N[C@@]2(CCS(=O)(=O)c2ccccc2)C(=O)NCC(F)(F)F)c1. The third-order valence-corrected chi connectivity index (χ3v) is 8.46. The van der Waals surface area contributed by atoms with Crippen LogP contribution < -0.4 is 14.8 Å². The lowest BCUT2D eigenvalue weighted by molar-refractivity contribution is -0.143. The summed E-state index contributed by atoms with van der Waals surface area (Å²) < 4.78 is 83.2. The molecule has 1 aliphatic rings. The number of nitrogens with one attached hydrogen (secondary N) is 1. The molecule has 13 heteroatoms. The van der Waals surface area contributed by atoms with Gasteiger partial charge in [0.2, 0.25) is 5.90 Å². The van der Waals surface area contributed by atoms with Gasteiger partial charge in [0.25, 0.3) is 5.91 Å². The maximum absolute atomic E-state index is 13.7. The number of aliphatic imine (C=N–C) groups is 1. The monoisotopic (exact) mass is 620 g/mol. The first kappa shape index (κ1) is 31.8. The molecule has 2 N–H and O–H groups in total. The van der Waals surface area contributed by atoms with E-state index in [1.165, 1.54) is 19.2 Å². The summed E-state index contributed by atoms with van der Waals surface area (Å²) >= 11 is 0. The Balaban J connectivity index is 1.78. The van der Waals surface area contributed by atoms with Gasteiger partial charge in [0.15, 0.2) is 21.5 Å². The number of halogens is 3. The number of rotatable bonds is 13. The summed E-state index contributed by atoms with van der Waals surface area (Å²) in [6.45, 7) is -1.40. The molecule has 4 rings (SSSR count). The number of aliphatic hydroxyl groups excluding tert-OH is 1. The third kappa shape index (κ3) is 7.85. The number of carbonyl (C=O) groups excluding carboxylic acids is 1. The van der Waals surface area contributed by atoms with E-state index in [0.717, 1.165) is 0 Å². The van der Waals surface area contributed by atoms with E-state index in [1.807, 2.05) is 5.32 Å². The van der Waals surface area contributed by atoms with Crippen molar-refractivity contribution in [2.24, 2.45) is 4.99 Å². The van der Waals surface area contributed by atoms with Gasteiger partial charge in [-0.1, -0.05) is 30.3 Å². The summed E-state index contributed by atoms with van der Waals surface area (Å²) in [4.78, 5) is 18.3. The molecule has 0 saturated carbocycles. The largest absolute Gasteiger partial charge is 0.497 e. The molecule has 3 aromatic rings. The molecule has 0 aromatic heterocycles. The average Bonchev–Trinajstić information content (AvgIpc) is 3.40. The highest BCUT2D eigenvalue weighted by Crippen LogP contribution is 2.44. The van der Waals surface area contributed by atoms with Crippen LogP contribution in [0, 0.1) is 0 Å². The van der Waals surface area contributed by atoms with Crippen molar-refractivity contribution in [2.45, 2.75) is 35.6 Å². The van der Waals surface area contributed by atoms with Gasteiger partial charge in [-0.2, -0.15) is 13.2 Å². The summed E-state index contributed by atoms with van der Waals surface area (Å²) in [6.07, 6.45) is -6.07. The highest BCUT2D eigenvalue weighted by Gasteiger charge is 2.54. The van der Waals surface area contributed by atoms with Crippen LogP contribution in [0.4, 0.5) is 13.2 Å². The number of sulfone groups is 1. The summed E-state index contributed by atoms with van der Waals surface area (Å²) in [5.74, 6) is -0.924. The molecule has 0 bridgehead atoms. The normalized spacial score (nSPS) is 18.4. The van der Waals surface area contributed by atoms with Gasteiger partial charge in [0.05, 0.1) is 24.4 Å². The summed E-state index contributed by atoms with van der Waals surface area (Å²) in [5, 5.41) is 10.9. The molecule has 0 fully saturated rings. The second kappa shape index (κ2) is 13.5. The average molecular weight is 621 g/mol. The van der Waals surface area contributed by atoms with Crippen LogP contribution in [0.1, 0.15) is 30.1 Å². The molecule has 0 unspecified atom stereocenters. The smallest absolute Gasteiger partial charge is 0.405 e. The highest BCUT2D eigenvalue weighted by atomic mass is 32.2. The molecule has 9 nitrogen and oxygen atoms in total. The number of alkyl halides is 3. The molecule has 1 heterocycles. The van der Waals surface area contributed by atoms with Crippen molar-refractivity contribution in [3.05, 3.63) is 90.0 Å². The van der Waals surface area contributed by atoms with Crippen LogP contribution >= 0.6 is 0 Å². The van der Waals surface area contributed by atoms with E-state index in [9.17, 15) is 26.4 Å².